The number of hydrogen-bond acceptors (Lipinski definition) is 4. The first kappa shape index (κ1) is 13.8. The molecule has 0 heterocycles. The molecule has 0 aromatic heterocycles. The highest BCUT2D eigenvalue weighted by Crippen LogP contribution is 2.03. The maximum atomic E-state index is 6.05. The van der Waals surface area contributed by atoms with E-state index in [1.165, 1.54) is 0 Å². The lowest BCUT2D eigenvalue weighted by Gasteiger charge is -2.28. The van der Waals surface area contributed by atoms with Crippen LogP contribution >= 0.6 is 0 Å². The molecule has 0 saturated carbocycles. The minimum absolute atomic E-state index is 0.179. The molecule has 1 unspecified atom stereocenters. The summed E-state index contributed by atoms with van der Waals surface area (Å²) in [6.07, 6.45) is 4.39. The van der Waals surface area contributed by atoms with E-state index in [4.69, 9.17) is 17.2 Å². The minimum Gasteiger partial charge on any atom is -0.330 e. The van der Waals surface area contributed by atoms with Crippen LogP contribution in [0.2, 0.25) is 0 Å². The van der Waals surface area contributed by atoms with Crippen molar-refractivity contribution in [3.63, 3.8) is 0 Å². The van der Waals surface area contributed by atoms with Gasteiger partial charge in [0, 0.05) is 13.1 Å². The zero-order chi connectivity index (χ0) is 10.8. The van der Waals surface area contributed by atoms with Gasteiger partial charge in [0.25, 0.3) is 0 Å². The van der Waals surface area contributed by atoms with Gasteiger partial charge in [-0.25, -0.2) is 0 Å². The smallest absolute Gasteiger partial charge is 0.0571 e. The highest BCUT2D eigenvalue weighted by molar-refractivity contribution is 4.66. The van der Waals surface area contributed by atoms with Crippen LogP contribution in [0, 0.1) is 0 Å². The van der Waals surface area contributed by atoms with Crippen LogP contribution in [0.25, 0.3) is 0 Å². The van der Waals surface area contributed by atoms with Crippen LogP contribution in [0.15, 0.2) is 0 Å². The number of nitrogens with zero attached hydrogens (tertiary/aromatic N) is 1. The molecule has 0 rings (SSSR count). The molecule has 0 aliphatic rings. The lowest BCUT2D eigenvalue weighted by molar-refractivity contribution is 0.187. The van der Waals surface area contributed by atoms with Crippen molar-refractivity contribution in [2.75, 3.05) is 26.2 Å². The Morgan fingerprint density at radius 2 is 1.57 bits per heavy atom. The van der Waals surface area contributed by atoms with E-state index in [1.807, 2.05) is 0 Å². The summed E-state index contributed by atoms with van der Waals surface area (Å²) in [5.74, 6) is 0. The van der Waals surface area contributed by atoms with E-state index in [-0.39, 0.29) is 6.17 Å². The molecule has 0 fully saturated rings. The van der Waals surface area contributed by atoms with Crippen LogP contribution in [-0.4, -0.2) is 37.2 Å². The second-order valence-corrected chi connectivity index (χ2v) is 3.68. The molecule has 0 aromatic carbocycles. The lowest BCUT2D eigenvalue weighted by Crippen LogP contribution is -2.43. The van der Waals surface area contributed by atoms with Crippen molar-refractivity contribution in [2.24, 2.45) is 17.2 Å². The number of rotatable bonds is 9. The van der Waals surface area contributed by atoms with Gasteiger partial charge in [-0.1, -0.05) is 13.3 Å². The summed E-state index contributed by atoms with van der Waals surface area (Å²) >= 11 is 0. The lowest BCUT2D eigenvalue weighted by atomic mass is 10.2. The fourth-order valence-corrected chi connectivity index (χ4v) is 1.51. The fraction of sp³-hybridized carbons (Fsp3) is 1.00. The maximum absolute atomic E-state index is 6.05. The molecule has 0 spiro atoms. The van der Waals surface area contributed by atoms with Crippen LogP contribution in [-0.2, 0) is 0 Å². The van der Waals surface area contributed by atoms with Gasteiger partial charge in [-0.2, -0.15) is 0 Å². The van der Waals surface area contributed by atoms with Crippen molar-refractivity contribution in [3.05, 3.63) is 0 Å². The molecule has 0 saturated heterocycles. The molecule has 4 heteroatoms. The van der Waals surface area contributed by atoms with Gasteiger partial charge >= 0.3 is 0 Å². The summed E-state index contributed by atoms with van der Waals surface area (Å²) in [4.78, 5) is 2.29. The zero-order valence-electron chi connectivity index (χ0n) is 9.41. The van der Waals surface area contributed by atoms with Gasteiger partial charge in [0.2, 0.25) is 0 Å². The van der Waals surface area contributed by atoms with Gasteiger partial charge in [-0.3, -0.25) is 4.90 Å². The quantitative estimate of drug-likeness (QED) is 0.462. The Hall–Kier alpha value is -0.160. The Kier molecular flexibility index (Phi) is 9.29. The van der Waals surface area contributed by atoms with Crippen molar-refractivity contribution in [3.8, 4) is 0 Å². The Bertz CT molecular complexity index is 111. The van der Waals surface area contributed by atoms with E-state index in [2.05, 4.69) is 11.8 Å². The monoisotopic (exact) mass is 202 g/mol. The van der Waals surface area contributed by atoms with Crippen molar-refractivity contribution in [1.29, 1.82) is 0 Å². The molecule has 14 heavy (non-hydrogen) atoms. The first-order valence-electron chi connectivity index (χ1n) is 5.66. The number of hydrogen-bond donors (Lipinski definition) is 3. The van der Waals surface area contributed by atoms with E-state index >= 15 is 0 Å². The molecule has 0 aliphatic heterocycles. The Balaban J connectivity index is 3.81. The molecule has 0 aromatic rings. The average Bonchev–Trinajstić information content (AvgIpc) is 2.18. The summed E-state index contributed by atoms with van der Waals surface area (Å²) in [6, 6.07) is 0. The Labute approximate surface area is 87.8 Å². The second kappa shape index (κ2) is 9.40. The predicted octanol–water partition coefficient (Wildman–Crippen LogP) is 0.0709. The summed E-state index contributed by atoms with van der Waals surface area (Å²) < 4.78 is 0. The van der Waals surface area contributed by atoms with Crippen molar-refractivity contribution >= 4 is 0 Å². The van der Waals surface area contributed by atoms with Gasteiger partial charge in [0.05, 0.1) is 6.17 Å². The fourth-order valence-electron chi connectivity index (χ4n) is 1.51. The van der Waals surface area contributed by atoms with Crippen LogP contribution in [0.1, 0.15) is 32.6 Å². The summed E-state index contributed by atoms with van der Waals surface area (Å²) in [5, 5.41) is 0. The van der Waals surface area contributed by atoms with Crippen molar-refractivity contribution in [2.45, 2.75) is 38.8 Å². The zero-order valence-corrected chi connectivity index (χ0v) is 9.41. The van der Waals surface area contributed by atoms with Gasteiger partial charge in [0.15, 0.2) is 0 Å². The molecular formula is C10H26N4. The molecule has 0 bridgehead atoms. The van der Waals surface area contributed by atoms with E-state index in [0.717, 1.165) is 51.9 Å². The largest absolute Gasteiger partial charge is 0.330 e. The highest BCUT2D eigenvalue weighted by Gasteiger charge is 2.11. The number of nitrogens with two attached hydrogens (primary N) is 3. The minimum atomic E-state index is 0.179. The summed E-state index contributed by atoms with van der Waals surface area (Å²) in [7, 11) is 0. The van der Waals surface area contributed by atoms with Gasteiger partial charge < -0.3 is 17.2 Å². The van der Waals surface area contributed by atoms with Gasteiger partial charge in [-0.05, 0) is 32.4 Å². The standard InChI is InChI=1S/C10H26N4/c1-2-5-10(13)14(8-3-6-11)9-4-7-12/h10H,2-9,11-13H2,1H3. The van der Waals surface area contributed by atoms with E-state index in [1.54, 1.807) is 0 Å². The Morgan fingerprint density at radius 3 is 1.93 bits per heavy atom. The molecule has 6 N–H and O–H groups in total. The Morgan fingerprint density at radius 1 is 1.07 bits per heavy atom. The van der Waals surface area contributed by atoms with Crippen LogP contribution in [0.5, 0.6) is 0 Å². The van der Waals surface area contributed by atoms with Crippen LogP contribution in [0.4, 0.5) is 0 Å². The molecule has 1 atom stereocenters. The third-order valence-electron chi connectivity index (χ3n) is 2.35. The third kappa shape index (κ3) is 6.32. The van der Waals surface area contributed by atoms with E-state index < -0.39 is 0 Å². The summed E-state index contributed by atoms with van der Waals surface area (Å²) in [5.41, 5.74) is 17.0. The average molecular weight is 202 g/mol. The van der Waals surface area contributed by atoms with Crippen LogP contribution < -0.4 is 17.2 Å². The first-order chi connectivity index (χ1) is 6.76. The molecule has 0 amide bonds. The molecule has 0 aliphatic carbocycles. The molecule has 86 valence electrons. The maximum Gasteiger partial charge on any atom is 0.0571 e. The second-order valence-electron chi connectivity index (χ2n) is 3.68. The van der Waals surface area contributed by atoms with Crippen molar-refractivity contribution < 1.29 is 0 Å². The predicted molar refractivity (Wildman–Crippen MR) is 61.8 cm³/mol. The highest BCUT2D eigenvalue weighted by atomic mass is 15.2. The van der Waals surface area contributed by atoms with Gasteiger partial charge in [0.1, 0.15) is 0 Å². The first-order valence-corrected chi connectivity index (χ1v) is 5.66. The molecule has 0 radical (unpaired) electrons. The summed E-state index contributed by atoms with van der Waals surface area (Å²) in [6.45, 7) is 5.62. The van der Waals surface area contributed by atoms with E-state index in [0.29, 0.717) is 0 Å². The topological polar surface area (TPSA) is 81.3 Å². The third-order valence-corrected chi connectivity index (χ3v) is 2.35. The van der Waals surface area contributed by atoms with Crippen molar-refractivity contribution in [1.82, 2.24) is 4.90 Å². The van der Waals surface area contributed by atoms with Gasteiger partial charge in [-0.15, -0.1) is 0 Å². The van der Waals surface area contributed by atoms with Crippen LogP contribution in [0.3, 0.4) is 0 Å². The SMILES string of the molecule is CCCC(N)N(CCCN)CCCN. The normalized spacial score (nSPS) is 13.5. The van der Waals surface area contributed by atoms with E-state index in [9.17, 15) is 0 Å². The molecular weight excluding hydrogens is 176 g/mol. The molecule has 4 nitrogen and oxygen atoms in total.